The zero-order chi connectivity index (χ0) is 20.4. The molecule has 1 saturated heterocycles. The summed E-state index contributed by atoms with van der Waals surface area (Å²) in [5, 5.41) is 9.04. The Balaban J connectivity index is 1.39. The number of rotatable bonds is 5. The van der Waals surface area contributed by atoms with Crippen molar-refractivity contribution >= 4 is 43.2 Å². The molecule has 29 heavy (non-hydrogen) atoms. The monoisotopic (exact) mass is 430 g/mol. The summed E-state index contributed by atoms with van der Waals surface area (Å²) in [6, 6.07) is 14.1. The van der Waals surface area contributed by atoms with Crippen LogP contribution in [0.1, 0.15) is 23.8 Å². The molecule has 1 fully saturated rings. The number of nitrogens with two attached hydrogens (primary N) is 1. The van der Waals surface area contributed by atoms with E-state index in [0.717, 1.165) is 36.5 Å². The second kappa shape index (κ2) is 8.19. The summed E-state index contributed by atoms with van der Waals surface area (Å²) < 4.78 is 24.1. The number of hydrogen-bond donors (Lipinski definition) is 2. The molecule has 2 heterocycles. The standard InChI is InChI=1S/C20H22N4O3S2/c21-29(26,27)16-7-3-6-15(11-16)22-19(25)13-24-10-4-5-14(12-24)20-23-17-8-1-2-9-18(17)28-20/h1-3,6-9,11,14H,4-5,10,12-13H2,(H,22,25)(H2,21,26,27). The first kappa shape index (κ1) is 20.0. The van der Waals surface area contributed by atoms with Crippen LogP contribution in [0.25, 0.3) is 10.2 Å². The molecule has 7 nitrogen and oxygen atoms in total. The van der Waals surface area contributed by atoms with Crippen molar-refractivity contribution in [2.75, 3.05) is 25.0 Å². The van der Waals surface area contributed by atoms with Crippen molar-refractivity contribution in [3.63, 3.8) is 0 Å². The number of thiazole rings is 1. The fourth-order valence-electron chi connectivity index (χ4n) is 3.62. The average Bonchev–Trinajstić information content (AvgIpc) is 3.12. The molecule has 3 aromatic rings. The number of carbonyl (C=O) groups is 1. The zero-order valence-electron chi connectivity index (χ0n) is 15.7. The van der Waals surface area contributed by atoms with Gasteiger partial charge in [0.05, 0.1) is 26.7 Å². The smallest absolute Gasteiger partial charge is 0.238 e. The van der Waals surface area contributed by atoms with E-state index in [4.69, 9.17) is 10.1 Å². The molecule has 1 aromatic heterocycles. The highest BCUT2D eigenvalue weighted by Crippen LogP contribution is 2.32. The number of hydrogen-bond acceptors (Lipinski definition) is 6. The second-order valence-electron chi connectivity index (χ2n) is 7.22. The SMILES string of the molecule is NS(=O)(=O)c1cccc(NC(=O)CN2CCCC(c3nc4ccccc4s3)C2)c1. The number of nitrogens with zero attached hydrogens (tertiary/aromatic N) is 2. The van der Waals surface area contributed by atoms with Crippen LogP contribution in [-0.2, 0) is 14.8 Å². The molecule has 2 aromatic carbocycles. The molecule has 3 N–H and O–H groups in total. The van der Waals surface area contributed by atoms with Crippen LogP contribution in [-0.4, -0.2) is 43.8 Å². The van der Waals surface area contributed by atoms with Crippen LogP contribution in [0.4, 0.5) is 5.69 Å². The number of amides is 1. The highest BCUT2D eigenvalue weighted by molar-refractivity contribution is 7.89. The Labute approximate surface area is 173 Å². The Morgan fingerprint density at radius 2 is 2.07 bits per heavy atom. The van der Waals surface area contributed by atoms with Crippen LogP contribution < -0.4 is 10.5 Å². The molecular formula is C20H22N4O3S2. The van der Waals surface area contributed by atoms with Crippen LogP contribution in [0.5, 0.6) is 0 Å². The van der Waals surface area contributed by atoms with Gasteiger partial charge in [-0.3, -0.25) is 9.69 Å². The van der Waals surface area contributed by atoms with Crippen LogP contribution in [0.3, 0.4) is 0 Å². The van der Waals surface area contributed by atoms with Gasteiger partial charge in [-0.1, -0.05) is 18.2 Å². The fourth-order valence-corrected chi connectivity index (χ4v) is 5.27. The first-order valence-corrected chi connectivity index (χ1v) is 11.8. The van der Waals surface area contributed by atoms with E-state index in [0.29, 0.717) is 11.6 Å². The number of aromatic nitrogens is 1. The molecule has 9 heteroatoms. The Hall–Kier alpha value is -2.33. The minimum absolute atomic E-state index is 0.0239. The maximum atomic E-state index is 12.5. The maximum Gasteiger partial charge on any atom is 0.238 e. The lowest BCUT2D eigenvalue weighted by Crippen LogP contribution is -2.39. The summed E-state index contributed by atoms with van der Waals surface area (Å²) in [6.07, 6.45) is 2.07. The summed E-state index contributed by atoms with van der Waals surface area (Å²) in [5.41, 5.74) is 1.44. The molecule has 0 saturated carbocycles. The van der Waals surface area contributed by atoms with Gasteiger partial charge in [0.15, 0.2) is 0 Å². The third-order valence-electron chi connectivity index (χ3n) is 4.98. The molecule has 1 unspecified atom stereocenters. The Bertz CT molecular complexity index is 1110. The number of nitrogens with one attached hydrogen (secondary N) is 1. The minimum atomic E-state index is -3.80. The number of benzene rings is 2. The number of piperidine rings is 1. The molecule has 0 aliphatic carbocycles. The molecule has 0 spiro atoms. The van der Waals surface area contributed by atoms with Crippen molar-refractivity contribution in [1.82, 2.24) is 9.88 Å². The summed E-state index contributed by atoms with van der Waals surface area (Å²) in [4.78, 5) is 19.4. The number of likely N-dealkylation sites (tertiary alicyclic amines) is 1. The minimum Gasteiger partial charge on any atom is -0.325 e. The quantitative estimate of drug-likeness (QED) is 0.647. The summed E-state index contributed by atoms with van der Waals surface area (Å²) in [7, 11) is -3.80. The topological polar surface area (TPSA) is 105 Å². The maximum absolute atomic E-state index is 12.5. The second-order valence-corrected chi connectivity index (χ2v) is 9.84. The van der Waals surface area contributed by atoms with E-state index in [1.54, 1.807) is 23.5 Å². The fraction of sp³-hybridized carbons (Fsp3) is 0.300. The lowest BCUT2D eigenvalue weighted by Gasteiger charge is -2.31. The average molecular weight is 431 g/mol. The van der Waals surface area contributed by atoms with Crippen molar-refractivity contribution in [1.29, 1.82) is 0 Å². The van der Waals surface area contributed by atoms with Gasteiger partial charge in [0.2, 0.25) is 15.9 Å². The van der Waals surface area contributed by atoms with Gasteiger partial charge >= 0.3 is 0 Å². The van der Waals surface area contributed by atoms with E-state index >= 15 is 0 Å². The summed E-state index contributed by atoms with van der Waals surface area (Å²) in [6.45, 7) is 1.89. The van der Waals surface area contributed by atoms with Crippen molar-refractivity contribution in [2.24, 2.45) is 5.14 Å². The predicted octanol–water partition coefficient (Wildman–Crippen LogP) is 2.76. The molecule has 152 valence electrons. The van der Waals surface area contributed by atoms with E-state index in [9.17, 15) is 13.2 Å². The summed E-state index contributed by atoms with van der Waals surface area (Å²) >= 11 is 1.72. The molecular weight excluding hydrogens is 408 g/mol. The largest absolute Gasteiger partial charge is 0.325 e. The first-order valence-electron chi connectivity index (χ1n) is 9.39. The zero-order valence-corrected chi connectivity index (χ0v) is 17.4. The van der Waals surface area contributed by atoms with Gasteiger partial charge in [0.25, 0.3) is 0 Å². The normalized spacial score (nSPS) is 18.0. The van der Waals surface area contributed by atoms with Crippen molar-refractivity contribution < 1.29 is 13.2 Å². The van der Waals surface area contributed by atoms with Crippen LogP contribution in [0.15, 0.2) is 53.4 Å². The number of sulfonamides is 1. The number of carbonyl (C=O) groups excluding carboxylic acids is 1. The number of para-hydroxylation sites is 1. The lowest BCUT2D eigenvalue weighted by atomic mass is 9.99. The molecule has 1 aliphatic heterocycles. The highest BCUT2D eigenvalue weighted by atomic mass is 32.2. The van der Waals surface area contributed by atoms with Gasteiger partial charge in [-0.15, -0.1) is 11.3 Å². The van der Waals surface area contributed by atoms with E-state index in [2.05, 4.69) is 16.3 Å². The van der Waals surface area contributed by atoms with Gasteiger partial charge in [-0.2, -0.15) is 0 Å². The van der Waals surface area contributed by atoms with E-state index in [1.165, 1.54) is 16.8 Å². The Morgan fingerprint density at radius 3 is 2.86 bits per heavy atom. The van der Waals surface area contributed by atoms with Crippen molar-refractivity contribution in [2.45, 2.75) is 23.7 Å². The van der Waals surface area contributed by atoms with E-state index in [1.807, 2.05) is 18.2 Å². The molecule has 0 bridgehead atoms. The molecule has 0 radical (unpaired) electrons. The Morgan fingerprint density at radius 1 is 1.24 bits per heavy atom. The van der Waals surface area contributed by atoms with Gasteiger partial charge in [0, 0.05) is 18.2 Å². The number of fused-ring (bicyclic) bond motifs is 1. The number of anilines is 1. The highest BCUT2D eigenvalue weighted by Gasteiger charge is 2.25. The van der Waals surface area contributed by atoms with Gasteiger partial charge < -0.3 is 5.32 Å². The third kappa shape index (κ3) is 4.81. The summed E-state index contributed by atoms with van der Waals surface area (Å²) in [5.74, 6) is 0.140. The van der Waals surface area contributed by atoms with Crippen molar-refractivity contribution in [3.8, 4) is 0 Å². The first-order chi connectivity index (χ1) is 13.9. The van der Waals surface area contributed by atoms with Gasteiger partial charge in [0.1, 0.15) is 0 Å². The molecule has 1 amide bonds. The van der Waals surface area contributed by atoms with Crippen LogP contribution in [0.2, 0.25) is 0 Å². The van der Waals surface area contributed by atoms with Gasteiger partial charge in [-0.25, -0.2) is 18.5 Å². The van der Waals surface area contributed by atoms with Crippen LogP contribution in [0, 0.1) is 0 Å². The molecule has 1 atom stereocenters. The molecule has 4 rings (SSSR count). The lowest BCUT2D eigenvalue weighted by molar-refractivity contribution is -0.117. The van der Waals surface area contributed by atoms with E-state index in [-0.39, 0.29) is 17.3 Å². The van der Waals surface area contributed by atoms with Crippen molar-refractivity contribution in [3.05, 3.63) is 53.5 Å². The van der Waals surface area contributed by atoms with Gasteiger partial charge in [-0.05, 0) is 49.7 Å². The van der Waals surface area contributed by atoms with Crippen LogP contribution >= 0.6 is 11.3 Å². The van der Waals surface area contributed by atoms with E-state index < -0.39 is 10.0 Å². The third-order valence-corrected chi connectivity index (χ3v) is 7.09. The predicted molar refractivity (Wildman–Crippen MR) is 114 cm³/mol. The molecule has 1 aliphatic rings. The number of primary sulfonamides is 1. The Kier molecular flexibility index (Phi) is 5.64.